The normalized spacial score (nSPS) is 11.9. The number of hydrogen-bond donors (Lipinski definition) is 0. The zero-order valence-electron chi connectivity index (χ0n) is 10.6. The van der Waals surface area contributed by atoms with Gasteiger partial charge < -0.3 is 4.90 Å². The number of carbonyl (C=O) groups is 1. The number of nitrogens with zero attached hydrogens (tertiary/aromatic N) is 4. The third kappa shape index (κ3) is 3.06. The maximum atomic E-state index is 12.3. The molecule has 0 radical (unpaired) electrons. The summed E-state index contributed by atoms with van der Waals surface area (Å²) >= 11 is 5.84. The van der Waals surface area contributed by atoms with Crippen LogP contribution < -0.4 is 0 Å². The Balaban J connectivity index is 2.20. The zero-order chi connectivity index (χ0) is 13.8. The highest BCUT2D eigenvalue weighted by Crippen LogP contribution is 2.19. The third-order valence-corrected chi connectivity index (χ3v) is 3.09. The van der Waals surface area contributed by atoms with Gasteiger partial charge in [0.15, 0.2) is 0 Å². The molecule has 2 rings (SSSR count). The summed E-state index contributed by atoms with van der Waals surface area (Å²) in [7, 11) is 1.72. The number of halogens is 1. The van der Waals surface area contributed by atoms with Gasteiger partial charge in [0.05, 0.1) is 22.3 Å². The third-order valence-electron chi connectivity index (χ3n) is 2.89. The second kappa shape index (κ2) is 5.75. The Morgan fingerprint density at radius 2 is 2.16 bits per heavy atom. The molecule has 0 N–H and O–H groups in total. The van der Waals surface area contributed by atoms with Gasteiger partial charge in [-0.05, 0) is 19.1 Å². The fourth-order valence-electron chi connectivity index (χ4n) is 1.65. The lowest BCUT2D eigenvalue weighted by Gasteiger charge is -2.24. The minimum Gasteiger partial charge on any atom is -0.333 e. The topological polar surface area (TPSA) is 59.0 Å². The van der Waals surface area contributed by atoms with Crippen LogP contribution in [0, 0.1) is 0 Å². The van der Waals surface area contributed by atoms with Crippen LogP contribution in [0.25, 0.3) is 0 Å². The van der Waals surface area contributed by atoms with E-state index in [0.29, 0.717) is 10.6 Å². The summed E-state index contributed by atoms with van der Waals surface area (Å²) in [5, 5.41) is 0.439. The van der Waals surface area contributed by atoms with E-state index in [4.69, 9.17) is 11.6 Å². The fourth-order valence-corrected chi connectivity index (χ4v) is 1.83. The number of amides is 1. The molecule has 0 spiro atoms. The molecular weight excluding hydrogens is 264 g/mol. The molecule has 0 aliphatic heterocycles. The van der Waals surface area contributed by atoms with Gasteiger partial charge in [-0.15, -0.1) is 0 Å². The Morgan fingerprint density at radius 3 is 2.79 bits per heavy atom. The van der Waals surface area contributed by atoms with E-state index in [1.165, 1.54) is 18.7 Å². The largest absolute Gasteiger partial charge is 0.333 e. The SMILES string of the molecule is C[C@H](c1ccncn1)N(C)C(=O)c1cncc(Cl)c1. The fraction of sp³-hybridized carbons (Fsp3) is 0.231. The highest BCUT2D eigenvalue weighted by molar-refractivity contribution is 6.30. The first-order valence-corrected chi connectivity index (χ1v) is 6.11. The minimum absolute atomic E-state index is 0.152. The van der Waals surface area contributed by atoms with E-state index in [-0.39, 0.29) is 11.9 Å². The first kappa shape index (κ1) is 13.4. The van der Waals surface area contributed by atoms with Gasteiger partial charge in [-0.25, -0.2) is 9.97 Å². The predicted octanol–water partition coefficient (Wildman–Crippen LogP) is 2.36. The Labute approximate surface area is 116 Å². The monoisotopic (exact) mass is 276 g/mol. The average molecular weight is 277 g/mol. The Hall–Kier alpha value is -2.01. The zero-order valence-corrected chi connectivity index (χ0v) is 11.4. The van der Waals surface area contributed by atoms with E-state index >= 15 is 0 Å². The summed E-state index contributed by atoms with van der Waals surface area (Å²) in [6.07, 6.45) is 6.10. The average Bonchev–Trinajstić information content (AvgIpc) is 2.46. The van der Waals surface area contributed by atoms with Crippen molar-refractivity contribution in [2.45, 2.75) is 13.0 Å². The molecule has 6 heteroatoms. The van der Waals surface area contributed by atoms with Gasteiger partial charge in [0, 0.05) is 25.6 Å². The van der Waals surface area contributed by atoms with Gasteiger partial charge in [-0.2, -0.15) is 0 Å². The first-order chi connectivity index (χ1) is 9.09. The number of pyridine rings is 1. The smallest absolute Gasteiger partial charge is 0.255 e. The van der Waals surface area contributed by atoms with Crippen LogP contribution in [0.2, 0.25) is 5.02 Å². The summed E-state index contributed by atoms with van der Waals surface area (Å²) in [6, 6.07) is 3.22. The molecule has 1 atom stereocenters. The van der Waals surface area contributed by atoms with Gasteiger partial charge in [0.2, 0.25) is 0 Å². The van der Waals surface area contributed by atoms with Crippen molar-refractivity contribution in [2.24, 2.45) is 0 Å². The lowest BCUT2D eigenvalue weighted by atomic mass is 10.1. The molecule has 0 aliphatic carbocycles. The Kier molecular flexibility index (Phi) is 4.06. The van der Waals surface area contributed by atoms with Crippen molar-refractivity contribution < 1.29 is 4.79 Å². The maximum Gasteiger partial charge on any atom is 0.255 e. The molecule has 1 amide bonds. The molecule has 0 unspecified atom stereocenters. The molecule has 0 aliphatic rings. The van der Waals surface area contributed by atoms with E-state index in [0.717, 1.165) is 5.69 Å². The standard InChI is InChI=1S/C13H13ClN4O/c1-9(12-3-4-15-8-17-12)18(2)13(19)10-5-11(14)7-16-6-10/h3-9H,1-2H3/t9-/m1/s1. The molecular formula is C13H13ClN4O. The lowest BCUT2D eigenvalue weighted by molar-refractivity contribution is 0.0739. The second-order valence-corrected chi connectivity index (χ2v) is 4.55. The van der Waals surface area contributed by atoms with E-state index in [9.17, 15) is 4.79 Å². The van der Waals surface area contributed by atoms with Crippen LogP contribution in [-0.4, -0.2) is 32.8 Å². The van der Waals surface area contributed by atoms with Crippen molar-refractivity contribution in [2.75, 3.05) is 7.05 Å². The van der Waals surface area contributed by atoms with E-state index in [1.54, 1.807) is 30.3 Å². The van der Waals surface area contributed by atoms with Gasteiger partial charge in [-0.1, -0.05) is 11.6 Å². The molecule has 5 nitrogen and oxygen atoms in total. The quantitative estimate of drug-likeness (QED) is 0.863. The first-order valence-electron chi connectivity index (χ1n) is 5.73. The molecule has 0 bridgehead atoms. The lowest BCUT2D eigenvalue weighted by Crippen LogP contribution is -2.30. The van der Waals surface area contributed by atoms with Crippen LogP contribution in [-0.2, 0) is 0 Å². The molecule has 2 aromatic rings. The van der Waals surface area contributed by atoms with Crippen LogP contribution in [0.5, 0.6) is 0 Å². The number of rotatable bonds is 3. The molecule has 2 heterocycles. The summed E-state index contributed by atoms with van der Waals surface area (Å²) in [5.74, 6) is -0.152. The van der Waals surface area contributed by atoms with Crippen molar-refractivity contribution in [1.29, 1.82) is 0 Å². The minimum atomic E-state index is -0.158. The van der Waals surface area contributed by atoms with Crippen molar-refractivity contribution in [3.05, 3.63) is 53.3 Å². The molecule has 19 heavy (non-hydrogen) atoms. The predicted molar refractivity (Wildman–Crippen MR) is 71.8 cm³/mol. The van der Waals surface area contributed by atoms with E-state index in [1.807, 2.05) is 6.92 Å². The van der Waals surface area contributed by atoms with Crippen LogP contribution in [0.1, 0.15) is 29.0 Å². The highest BCUT2D eigenvalue weighted by Gasteiger charge is 2.20. The van der Waals surface area contributed by atoms with E-state index in [2.05, 4.69) is 15.0 Å². The van der Waals surface area contributed by atoms with Crippen LogP contribution in [0.4, 0.5) is 0 Å². The summed E-state index contributed by atoms with van der Waals surface area (Å²) in [6.45, 7) is 1.90. The van der Waals surface area contributed by atoms with Crippen molar-refractivity contribution >= 4 is 17.5 Å². The molecule has 0 saturated heterocycles. The summed E-state index contributed by atoms with van der Waals surface area (Å²) < 4.78 is 0. The molecule has 0 fully saturated rings. The van der Waals surface area contributed by atoms with Gasteiger partial charge >= 0.3 is 0 Å². The summed E-state index contributed by atoms with van der Waals surface area (Å²) in [5.41, 5.74) is 1.23. The number of hydrogen-bond acceptors (Lipinski definition) is 4. The van der Waals surface area contributed by atoms with Crippen LogP contribution in [0.15, 0.2) is 37.1 Å². The maximum absolute atomic E-state index is 12.3. The van der Waals surface area contributed by atoms with Crippen molar-refractivity contribution in [3.8, 4) is 0 Å². The second-order valence-electron chi connectivity index (χ2n) is 4.12. The molecule has 0 aromatic carbocycles. The van der Waals surface area contributed by atoms with Crippen molar-refractivity contribution in [3.63, 3.8) is 0 Å². The Bertz CT molecular complexity index is 576. The van der Waals surface area contributed by atoms with Gasteiger partial charge in [0.1, 0.15) is 6.33 Å². The highest BCUT2D eigenvalue weighted by atomic mass is 35.5. The molecule has 2 aromatic heterocycles. The van der Waals surface area contributed by atoms with Gasteiger partial charge in [-0.3, -0.25) is 9.78 Å². The van der Waals surface area contributed by atoms with Crippen LogP contribution >= 0.6 is 11.6 Å². The van der Waals surface area contributed by atoms with E-state index < -0.39 is 0 Å². The number of carbonyl (C=O) groups excluding carboxylic acids is 1. The number of aromatic nitrogens is 3. The van der Waals surface area contributed by atoms with Crippen molar-refractivity contribution in [1.82, 2.24) is 19.9 Å². The van der Waals surface area contributed by atoms with Crippen LogP contribution in [0.3, 0.4) is 0 Å². The summed E-state index contributed by atoms with van der Waals surface area (Å²) in [4.78, 5) is 25.8. The molecule has 0 saturated carbocycles. The van der Waals surface area contributed by atoms with Gasteiger partial charge in [0.25, 0.3) is 5.91 Å². The Morgan fingerprint density at radius 1 is 1.37 bits per heavy atom. The molecule has 98 valence electrons.